The summed E-state index contributed by atoms with van der Waals surface area (Å²) in [5.74, 6) is 0.622. The fraction of sp³-hybridized carbons (Fsp3) is 0.368. The molecule has 4 heteroatoms. The van der Waals surface area contributed by atoms with Crippen LogP contribution in [0.25, 0.3) is 6.08 Å². The maximum Gasteiger partial charge on any atom is 0.246 e. The van der Waals surface area contributed by atoms with Crippen LogP contribution in [0.5, 0.6) is 0 Å². The van der Waals surface area contributed by atoms with E-state index < -0.39 is 0 Å². The van der Waals surface area contributed by atoms with Crippen LogP contribution in [0.4, 0.5) is 0 Å². The summed E-state index contributed by atoms with van der Waals surface area (Å²) < 4.78 is 0. The van der Waals surface area contributed by atoms with Crippen molar-refractivity contribution in [2.75, 3.05) is 13.1 Å². The second-order valence-corrected chi connectivity index (χ2v) is 6.27. The number of aromatic amines is 1. The van der Waals surface area contributed by atoms with Gasteiger partial charge in [0.25, 0.3) is 0 Å². The highest BCUT2D eigenvalue weighted by atomic mass is 16.2. The second-order valence-electron chi connectivity index (χ2n) is 6.27. The van der Waals surface area contributed by atoms with Gasteiger partial charge in [-0.3, -0.25) is 9.89 Å². The van der Waals surface area contributed by atoms with Crippen molar-refractivity contribution in [3.63, 3.8) is 0 Å². The van der Waals surface area contributed by atoms with Crippen molar-refractivity contribution in [3.05, 3.63) is 59.4 Å². The molecular weight excluding hydrogens is 286 g/mol. The predicted octanol–water partition coefficient (Wildman–Crippen LogP) is 3.21. The number of hydrogen-bond donors (Lipinski definition) is 1. The molecule has 1 aromatic heterocycles. The van der Waals surface area contributed by atoms with Crippen LogP contribution in [0.1, 0.15) is 29.7 Å². The minimum atomic E-state index is 0.111. The molecule has 1 saturated heterocycles. The number of aromatic nitrogens is 2. The van der Waals surface area contributed by atoms with Crippen LogP contribution in [-0.4, -0.2) is 34.1 Å². The molecule has 1 amide bonds. The first-order valence-electron chi connectivity index (χ1n) is 8.23. The fourth-order valence-electron chi connectivity index (χ4n) is 3.14. The molecule has 1 N–H and O–H groups in total. The topological polar surface area (TPSA) is 49.0 Å². The molecule has 0 saturated carbocycles. The van der Waals surface area contributed by atoms with Gasteiger partial charge in [-0.1, -0.05) is 30.3 Å². The molecule has 2 heterocycles. The zero-order valence-corrected chi connectivity index (χ0v) is 13.5. The van der Waals surface area contributed by atoms with Crippen LogP contribution < -0.4 is 0 Å². The molecule has 0 radical (unpaired) electrons. The number of benzene rings is 1. The number of carbonyl (C=O) groups is 1. The molecule has 4 nitrogen and oxygen atoms in total. The average molecular weight is 309 g/mol. The number of nitrogens with one attached hydrogen (secondary N) is 1. The predicted molar refractivity (Wildman–Crippen MR) is 91.8 cm³/mol. The van der Waals surface area contributed by atoms with Gasteiger partial charge in [-0.2, -0.15) is 5.10 Å². The van der Waals surface area contributed by atoms with Crippen LogP contribution in [0.3, 0.4) is 0 Å². The van der Waals surface area contributed by atoms with E-state index in [2.05, 4.69) is 17.1 Å². The van der Waals surface area contributed by atoms with Crippen molar-refractivity contribution in [2.45, 2.75) is 26.2 Å². The van der Waals surface area contributed by atoms with E-state index in [1.807, 2.05) is 47.5 Å². The number of nitrogens with zero attached hydrogens (tertiary/aromatic N) is 2. The first-order valence-corrected chi connectivity index (χ1v) is 8.23. The number of carbonyl (C=O) groups excluding carboxylic acids is 1. The molecule has 1 unspecified atom stereocenters. The third-order valence-electron chi connectivity index (χ3n) is 4.48. The number of aryl methyl sites for hydroxylation is 1. The minimum Gasteiger partial charge on any atom is -0.339 e. The molecule has 23 heavy (non-hydrogen) atoms. The van der Waals surface area contributed by atoms with Gasteiger partial charge in [0.15, 0.2) is 0 Å². The first-order chi connectivity index (χ1) is 11.2. The zero-order chi connectivity index (χ0) is 16.1. The quantitative estimate of drug-likeness (QED) is 0.882. The van der Waals surface area contributed by atoms with Crippen molar-refractivity contribution < 1.29 is 4.79 Å². The third-order valence-corrected chi connectivity index (χ3v) is 4.48. The van der Waals surface area contributed by atoms with Gasteiger partial charge in [0.2, 0.25) is 5.91 Å². The van der Waals surface area contributed by atoms with Crippen LogP contribution in [-0.2, 0) is 11.2 Å². The molecule has 0 bridgehead atoms. The number of hydrogen-bond acceptors (Lipinski definition) is 2. The molecule has 1 aromatic carbocycles. The monoisotopic (exact) mass is 309 g/mol. The second kappa shape index (κ2) is 7.27. The number of likely N-dealkylation sites (tertiary alicyclic amines) is 1. The Morgan fingerprint density at radius 3 is 2.96 bits per heavy atom. The summed E-state index contributed by atoms with van der Waals surface area (Å²) in [6, 6.07) is 9.95. The molecule has 1 aliphatic heterocycles. The lowest BCUT2D eigenvalue weighted by Gasteiger charge is -2.32. The molecular formula is C19H23N3O. The summed E-state index contributed by atoms with van der Waals surface area (Å²) in [6.45, 7) is 3.76. The number of amides is 1. The summed E-state index contributed by atoms with van der Waals surface area (Å²) in [5, 5.41) is 7.16. The Labute approximate surface area is 137 Å². The van der Waals surface area contributed by atoms with E-state index in [9.17, 15) is 4.79 Å². The lowest BCUT2D eigenvalue weighted by atomic mass is 9.92. The summed E-state index contributed by atoms with van der Waals surface area (Å²) in [4.78, 5) is 14.4. The summed E-state index contributed by atoms with van der Waals surface area (Å²) in [5.41, 5.74) is 3.46. The van der Waals surface area contributed by atoms with Crippen LogP contribution in [0.2, 0.25) is 0 Å². The number of rotatable bonds is 4. The lowest BCUT2D eigenvalue weighted by molar-refractivity contribution is -0.127. The van der Waals surface area contributed by atoms with Crippen molar-refractivity contribution >= 4 is 12.0 Å². The van der Waals surface area contributed by atoms with Gasteiger partial charge < -0.3 is 4.90 Å². The largest absolute Gasteiger partial charge is 0.339 e. The highest BCUT2D eigenvalue weighted by molar-refractivity contribution is 5.91. The van der Waals surface area contributed by atoms with Crippen LogP contribution in [0, 0.1) is 12.8 Å². The van der Waals surface area contributed by atoms with Gasteiger partial charge in [-0.15, -0.1) is 0 Å². The Morgan fingerprint density at radius 2 is 2.22 bits per heavy atom. The maximum atomic E-state index is 12.4. The van der Waals surface area contributed by atoms with Gasteiger partial charge in [-0.05, 0) is 49.3 Å². The van der Waals surface area contributed by atoms with E-state index in [1.54, 1.807) is 6.08 Å². The van der Waals surface area contributed by atoms with Gasteiger partial charge in [0, 0.05) is 24.9 Å². The van der Waals surface area contributed by atoms with Crippen LogP contribution in [0.15, 0.2) is 42.6 Å². The van der Waals surface area contributed by atoms with Gasteiger partial charge in [-0.25, -0.2) is 0 Å². The maximum absolute atomic E-state index is 12.4. The number of H-pyrrole nitrogens is 1. The molecule has 3 rings (SSSR count). The SMILES string of the molecule is Cc1cn[nH]c1CC1CCCN(C(=O)/C=C/c2ccccc2)C1. The molecule has 0 spiro atoms. The zero-order valence-electron chi connectivity index (χ0n) is 13.5. The van der Waals surface area contributed by atoms with E-state index in [-0.39, 0.29) is 5.91 Å². The van der Waals surface area contributed by atoms with Gasteiger partial charge >= 0.3 is 0 Å². The Morgan fingerprint density at radius 1 is 1.39 bits per heavy atom. The van der Waals surface area contributed by atoms with E-state index in [4.69, 9.17) is 0 Å². The average Bonchev–Trinajstić information content (AvgIpc) is 2.99. The fourth-order valence-corrected chi connectivity index (χ4v) is 3.14. The highest BCUT2D eigenvalue weighted by Gasteiger charge is 2.23. The Hall–Kier alpha value is -2.36. The third kappa shape index (κ3) is 4.09. The van der Waals surface area contributed by atoms with Crippen LogP contribution >= 0.6 is 0 Å². The van der Waals surface area contributed by atoms with E-state index in [0.29, 0.717) is 5.92 Å². The Balaban J connectivity index is 1.58. The standard InChI is InChI=1S/C19H23N3O/c1-15-13-20-21-18(15)12-17-8-5-11-22(14-17)19(23)10-9-16-6-3-2-4-7-16/h2-4,6-7,9-10,13,17H,5,8,11-12,14H2,1H3,(H,20,21)/b10-9+. The van der Waals surface area contributed by atoms with Gasteiger partial charge in [0.1, 0.15) is 0 Å². The molecule has 1 atom stereocenters. The molecule has 0 aliphatic carbocycles. The Bertz CT molecular complexity index is 675. The molecule has 1 fully saturated rings. The highest BCUT2D eigenvalue weighted by Crippen LogP contribution is 2.21. The summed E-state index contributed by atoms with van der Waals surface area (Å²) in [6.07, 6.45) is 8.67. The molecule has 2 aromatic rings. The van der Waals surface area contributed by atoms with Crippen molar-refractivity contribution in [2.24, 2.45) is 5.92 Å². The molecule has 1 aliphatic rings. The minimum absolute atomic E-state index is 0.111. The normalized spacial score (nSPS) is 18.5. The van der Waals surface area contributed by atoms with Crippen molar-refractivity contribution in [1.29, 1.82) is 0 Å². The summed E-state index contributed by atoms with van der Waals surface area (Å²) >= 11 is 0. The Kier molecular flexibility index (Phi) is 4.91. The van der Waals surface area contributed by atoms with E-state index in [0.717, 1.165) is 31.5 Å². The first kappa shape index (κ1) is 15.5. The molecule has 120 valence electrons. The van der Waals surface area contributed by atoms with E-state index in [1.165, 1.54) is 17.7 Å². The smallest absolute Gasteiger partial charge is 0.246 e. The number of piperidine rings is 1. The lowest BCUT2D eigenvalue weighted by Crippen LogP contribution is -2.39. The summed E-state index contributed by atoms with van der Waals surface area (Å²) in [7, 11) is 0. The van der Waals surface area contributed by atoms with E-state index >= 15 is 0 Å². The van der Waals surface area contributed by atoms with Crippen molar-refractivity contribution in [1.82, 2.24) is 15.1 Å². The van der Waals surface area contributed by atoms with Gasteiger partial charge in [0.05, 0.1) is 6.20 Å². The van der Waals surface area contributed by atoms with Crippen molar-refractivity contribution in [3.8, 4) is 0 Å².